The largest absolute Gasteiger partial charge is 0.478 e. The van der Waals surface area contributed by atoms with Crippen LogP contribution in [-0.4, -0.2) is 34.0 Å². The molecular weight excluding hydrogens is 242 g/mol. The average molecular weight is 261 g/mol. The Balaban J connectivity index is 2.36. The zero-order chi connectivity index (χ0) is 14.0. The first kappa shape index (κ1) is 13.6. The molecule has 2 rings (SSSR count). The first-order chi connectivity index (χ1) is 9.06. The molecule has 2 unspecified atom stereocenters. The predicted molar refractivity (Wildman–Crippen MR) is 72.3 cm³/mol. The standard InChI is InChI=1S/C15H19NO3/c1-3-11-9-8-10(2)16(11)14(17)12-6-4-5-7-13(12)15(18)19/h4-7,10-11H,3,8-9H2,1-2H3,(H,18,19). The quantitative estimate of drug-likeness (QED) is 0.910. The minimum Gasteiger partial charge on any atom is -0.478 e. The van der Waals surface area contributed by atoms with Gasteiger partial charge in [0.2, 0.25) is 0 Å². The number of hydrogen-bond acceptors (Lipinski definition) is 2. The van der Waals surface area contributed by atoms with Gasteiger partial charge >= 0.3 is 5.97 Å². The molecule has 0 saturated carbocycles. The van der Waals surface area contributed by atoms with E-state index in [2.05, 4.69) is 6.92 Å². The number of carbonyl (C=O) groups excluding carboxylic acids is 1. The number of aromatic carboxylic acids is 1. The van der Waals surface area contributed by atoms with E-state index in [1.807, 2.05) is 11.8 Å². The summed E-state index contributed by atoms with van der Waals surface area (Å²) in [5, 5.41) is 9.18. The summed E-state index contributed by atoms with van der Waals surface area (Å²) in [5.74, 6) is -1.21. The first-order valence-corrected chi connectivity index (χ1v) is 6.71. The Kier molecular flexibility index (Phi) is 3.88. The molecule has 102 valence electrons. The second kappa shape index (κ2) is 5.43. The maximum absolute atomic E-state index is 12.6. The summed E-state index contributed by atoms with van der Waals surface area (Å²) in [6.07, 6.45) is 2.89. The van der Waals surface area contributed by atoms with Crippen molar-refractivity contribution >= 4 is 11.9 Å². The van der Waals surface area contributed by atoms with Crippen molar-refractivity contribution in [2.75, 3.05) is 0 Å². The summed E-state index contributed by atoms with van der Waals surface area (Å²) in [6, 6.07) is 6.84. The molecule has 1 amide bonds. The molecule has 1 aliphatic heterocycles. The van der Waals surface area contributed by atoms with E-state index in [0.717, 1.165) is 19.3 Å². The van der Waals surface area contributed by atoms with Gasteiger partial charge in [0.1, 0.15) is 0 Å². The fourth-order valence-corrected chi connectivity index (χ4v) is 2.83. The van der Waals surface area contributed by atoms with Crippen LogP contribution < -0.4 is 0 Å². The highest BCUT2D eigenvalue weighted by molar-refractivity contribution is 6.05. The van der Waals surface area contributed by atoms with Crippen molar-refractivity contribution in [1.29, 1.82) is 0 Å². The molecule has 1 aromatic carbocycles. The van der Waals surface area contributed by atoms with Crippen LogP contribution in [0.15, 0.2) is 24.3 Å². The summed E-state index contributed by atoms with van der Waals surface area (Å²) in [4.78, 5) is 25.7. The third-order valence-corrected chi connectivity index (χ3v) is 3.88. The summed E-state index contributed by atoms with van der Waals surface area (Å²) in [7, 11) is 0. The molecule has 1 N–H and O–H groups in total. The topological polar surface area (TPSA) is 57.6 Å². The molecule has 4 heteroatoms. The van der Waals surface area contributed by atoms with Crippen LogP contribution in [0.2, 0.25) is 0 Å². The molecule has 0 aliphatic carbocycles. The number of rotatable bonds is 3. The van der Waals surface area contributed by atoms with Gasteiger partial charge in [0, 0.05) is 12.1 Å². The van der Waals surface area contributed by atoms with Crippen molar-refractivity contribution < 1.29 is 14.7 Å². The molecule has 0 spiro atoms. The maximum Gasteiger partial charge on any atom is 0.336 e. The highest BCUT2D eigenvalue weighted by Crippen LogP contribution is 2.28. The van der Waals surface area contributed by atoms with Crippen LogP contribution in [0.1, 0.15) is 53.8 Å². The predicted octanol–water partition coefficient (Wildman–Crippen LogP) is 2.79. The van der Waals surface area contributed by atoms with Gasteiger partial charge < -0.3 is 10.0 Å². The average Bonchev–Trinajstić information content (AvgIpc) is 2.79. The van der Waals surface area contributed by atoms with Crippen molar-refractivity contribution in [3.05, 3.63) is 35.4 Å². The van der Waals surface area contributed by atoms with E-state index in [1.54, 1.807) is 18.2 Å². The van der Waals surface area contributed by atoms with Crippen LogP contribution >= 0.6 is 0 Å². The SMILES string of the molecule is CCC1CCC(C)N1C(=O)c1ccccc1C(=O)O. The molecular formula is C15H19NO3. The number of carbonyl (C=O) groups is 2. The number of amides is 1. The number of hydrogen-bond donors (Lipinski definition) is 1. The van der Waals surface area contributed by atoms with Crippen LogP contribution in [0.4, 0.5) is 0 Å². The van der Waals surface area contributed by atoms with E-state index in [0.29, 0.717) is 5.56 Å². The Morgan fingerprint density at radius 2 is 1.89 bits per heavy atom. The smallest absolute Gasteiger partial charge is 0.336 e. The molecule has 1 heterocycles. The van der Waals surface area contributed by atoms with E-state index >= 15 is 0 Å². The minimum absolute atomic E-state index is 0.0847. The number of carboxylic acids is 1. The third kappa shape index (κ3) is 2.48. The van der Waals surface area contributed by atoms with E-state index in [-0.39, 0.29) is 23.6 Å². The first-order valence-electron chi connectivity index (χ1n) is 6.71. The summed E-state index contributed by atoms with van der Waals surface area (Å²) in [5.41, 5.74) is 0.378. The van der Waals surface area contributed by atoms with Gasteiger partial charge in [-0.15, -0.1) is 0 Å². The Morgan fingerprint density at radius 1 is 1.26 bits per heavy atom. The van der Waals surface area contributed by atoms with Gasteiger partial charge in [-0.25, -0.2) is 4.79 Å². The molecule has 0 radical (unpaired) electrons. The monoisotopic (exact) mass is 261 g/mol. The second-order valence-electron chi connectivity index (χ2n) is 5.05. The van der Waals surface area contributed by atoms with Crippen molar-refractivity contribution in [1.82, 2.24) is 4.90 Å². The molecule has 0 bridgehead atoms. The maximum atomic E-state index is 12.6. The molecule has 1 fully saturated rings. The normalized spacial score (nSPS) is 22.5. The molecule has 19 heavy (non-hydrogen) atoms. The third-order valence-electron chi connectivity index (χ3n) is 3.88. The summed E-state index contributed by atoms with van der Waals surface area (Å²) < 4.78 is 0. The lowest BCUT2D eigenvalue weighted by Crippen LogP contribution is -2.40. The number of nitrogens with zero attached hydrogens (tertiary/aromatic N) is 1. The highest BCUT2D eigenvalue weighted by Gasteiger charge is 2.34. The highest BCUT2D eigenvalue weighted by atomic mass is 16.4. The molecule has 0 aromatic heterocycles. The van der Waals surface area contributed by atoms with Gasteiger partial charge in [0.15, 0.2) is 0 Å². The van der Waals surface area contributed by atoms with Crippen LogP contribution in [0, 0.1) is 0 Å². The van der Waals surface area contributed by atoms with E-state index < -0.39 is 5.97 Å². The zero-order valence-electron chi connectivity index (χ0n) is 11.3. The molecule has 1 aromatic rings. The van der Waals surface area contributed by atoms with Gasteiger partial charge in [0.25, 0.3) is 5.91 Å². The van der Waals surface area contributed by atoms with Crippen LogP contribution in [0.5, 0.6) is 0 Å². The van der Waals surface area contributed by atoms with Crippen LogP contribution in [-0.2, 0) is 0 Å². The van der Waals surface area contributed by atoms with Crippen molar-refractivity contribution in [3.63, 3.8) is 0 Å². The lowest BCUT2D eigenvalue weighted by molar-refractivity contribution is 0.0642. The molecule has 1 saturated heterocycles. The Hall–Kier alpha value is -1.84. The molecule has 1 aliphatic rings. The zero-order valence-corrected chi connectivity index (χ0v) is 11.3. The Labute approximate surface area is 113 Å². The van der Waals surface area contributed by atoms with Gasteiger partial charge in [-0.1, -0.05) is 19.1 Å². The van der Waals surface area contributed by atoms with Crippen molar-refractivity contribution in [3.8, 4) is 0 Å². The van der Waals surface area contributed by atoms with Crippen LogP contribution in [0.25, 0.3) is 0 Å². The lowest BCUT2D eigenvalue weighted by Gasteiger charge is -2.28. The van der Waals surface area contributed by atoms with Crippen molar-refractivity contribution in [2.24, 2.45) is 0 Å². The minimum atomic E-state index is -1.05. The van der Waals surface area contributed by atoms with Crippen molar-refractivity contribution in [2.45, 2.75) is 45.2 Å². The Morgan fingerprint density at radius 3 is 2.47 bits per heavy atom. The van der Waals surface area contributed by atoms with Gasteiger partial charge in [-0.05, 0) is 38.3 Å². The molecule has 2 atom stereocenters. The second-order valence-corrected chi connectivity index (χ2v) is 5.05. The van der Waals surface area contributed by atoms with Crippen LogP contribution in [0.3, 0.4) is 0 Å². The lowest BCUT2D eigenvalue weighted by atomic mass is 10.1. The number of likely N-dealkylation sites (tertiary alicyclic amines) is 1. The Bertz CT molecular complexity index is 498. The van der Waals surface area contributed by atoms with Gasteiger partial charge in [0.05, 0.1) is 11.1 Å². The number of carboxylic acid groups (broad SMARTS) is 1. The van der Waals surface area contributed by atoms with Gasteiger partial charge in [-0.2, -0.15) is 0 Å². The number of benzene rings is 1. The molecule has 4 nitrogen and oxygen atoms in total. The van der Waals surface area contributed by atoms with E-state index in [4.69, 9.17) is 0 Å². The fraction of sp³-hybridized carbons (Fsp3) is 0.467. The van der Waals surface area contributed by atoms with E-state index in [1.165, 1.54) is 6.07 Å². The fourth-order valence-electron chi connectivity index (χ4n) is 2.83. The summed E-state index contributed by atoms with van der Waals surface area (Å²) >= 11 is 0. The van der Waals surface area contributed by atoms with Gasteiger partial charge in [-0.3, -0.25) is 4.79 Å². The summed E-state index contributed by atoms with van der Waals surface area (Å²) in [6.45, 7) is 4.09. The van der Waals surface area contributed by atoms with E-state index in [9.17, 15) is 14.7 Å².